The van der Waals surface area contributed by atoms with Crippen molar-refractivity contribution >= 4 is 33.4 Å². The van der Waals surface area contributed by atoms with E-state index in [1.165, 1.54) is 5.56 Å². The second-order valence-electron chi connectivity index (χ2n) is 5.29. The summed E-state index contributed by atoms with van der Waals surface area (Å²) in [6, 6.07) is 7.90. The standard InChI is InChI=1S/C15H16BrClN4O/c16-13-9-18-19-14(13)15(22)21-7-5-20(6-8-21)10-11-1-3-12(17)4-2-11/h1-4,9H,5-8,10H2,(H,18,19). The second-order valence-corrected chi connectivity index (χ2v) is 6.58. The van der Waals surface area contributed by atoms with E-state index < -0.39 is 0 Å². The molecule has 22 heavy (non-hydrogen) atoms. The predicted molar refractivity (Wildman–Crippen MR) is 88.9 cm³/mol. The molecule has 0 aliphatic carbocycles. The molecule has 5 nitrogen and oxygen atoms in total. The molecule has 7 heteroatoms. The molecule has 1 aromatic carbocycles. The van der Waals surface area contributed by atoms with Gasteiger partial charge in [0.25, 0.3) is 5.91 Å². The van der Waals surface area contributed by atoms with E-state index in [4.69, 9.17) is 11.6 Å². The van der Waals surface area contributed by atoms with E-state index in [9.17, 15) is 4.79 Å². The van der Waals surface area contributed by atoms with Gasteiger partial charge in [0.05, 0.1) is 10.7 Å². The van der Waals surface area contributed by atoms with E-state index in [0.29, 0.717) is 10.2 Å². The fourth-order valence-electron chi connectivity index (χ4n) is 2.54. The van der Waals surface area contributed by atoms with Crippen LogP contribution in [0.4, 0.5) is 0 Å². The van der Waals surface area contributed by atoms with Gasteiger partial charge in [0.2, 0.25) is 0 Å². The summed E-state index contributed by atoms with van der Waals surface area (Å²) in [7, 11) is 0. The Hall–Kier alpha value is -1.37. The summed E-state index contributed by atoms with van der Waals surface area (Å²) in [5.41, 5.74) is 1.76. The normalized spacial score (nSPS) is 16.0. The highest BCUT2D eigenvalue weighted by atomic mass is 79.9. The van der Waals surface area contributed by atoms with Crippen LogP contribution in [0.2, 0.25) is 5.02 Å². The number of amides is 1. The smallest absolute Gasteiger partial charge is 0.273 e. The summed E-state index contributed by atoms with van der Waals surface area (Å²) in [6.45, 7) is 4.04. The lowest BCUT2D eigenvalue weighted by molar-refractivity contribution is 0.0622. The van der Waals surface area contributed by atoms with Gasteiger partial charge >= 0.3 is 0 Å². The molecule has 0 saturated carbocycles. The Bertz CT molecular complexity index is 650. The number of halogens is 2. The molecular weight excluding hydrogens is 368 g/mol. The van der Waals surface area contributed by atoms with Crippen LogP contribution in [0.25, 0.3) is 0 Å². The van der Waals surface area contributed by atoms with Gasteiger partial charge in [0, 0.05) is 37.7 Å². The maximum atomic E-state index is 12.4. The number of carbonyl (C=O) groups excluding carboxylic acids is 1. The number of aromatic nitrogens is 2. The van der Waals surface area contributed by atoms with Gasteiger partial charge in [-0.2, -0.15) is 5.10 Å². The lowest BCUT2D eigenvalue weighted by Crippen LogP contribution is -2.48. The molecule has 1 fully saturated rings. The lowest BCUT2D eigenvalue weighted by atomic mass is 10.2. The van der Waals surface area contributed by atoms with Crippen LogP contribution >= 0.6 is 27.5 Å². The number of carbonyl (C=O) groups is 1. The van der Waals surface area contributed by atoms with Gasteiger partial charge in [-0.3, -0.25) is 14.8 Å². The summed E-state index contributed by atoms with van der Waals surface area (Å²) < 4.78 is 0.709. The number of rotatable bonds is 3. The molecule has 1 amide bonds. The number of nitrogens with zero attached hydrogens (tertiary/aromatic N) is 3. The fraction of sp³-hybridized carbons (Fsp3) is 0.333. The molecule has 2 aromatic rings. The number of H-pyrrole nitrogens is 1. The van der Waals surface area contributed by atoms with Crippen LogP contribution in [0, 0.1) is 0 Å². The van der Waals surface area contributed by atoms with Crippen LogP contribution in [0.3, 0.4) is 0 Å². The van der Waals surface area contributed by atoms with E-state index in [1.807, 2.05) is 29.2 Å². The summed E-state index contributed by atoms with van der Waals surface area (Å²) >= 11 is 9.23. The van der Waals surface area contributed by atoms with Crippen molar-refractivity contribution in [1.29, 1.82) is 0 Å². The van der Waals surface area contributed by atoms with Crippen molar-refractivity contribution < 1.29 is 4.79 Å². The zero-order valence-electron chi connectivity index (χ0n) is 11.9. The van der Waals surface area contributed by atoms with E-state index in [2.05, 4.69) is 31.0 Å². The maximum Gasteiger partial charge on any atom is 0.273 e. The average Bonchev–Trinajstić information content (AvgIpc) is 2.96. The Kier molecular flexibility index (Phi) is 4.81. The molecule has 3 rings (SSSR count). The lowest BCUT2D eigenvalue weighted by Gasteiger charge is -2.34. The first kappa shape index (κ1) is 15.5. The molecule has 0 unspecified atom stereocenters. The van der Waals surface area contributed by atoms with Crippen molar-refractivity contribution in [2.75, 3.05) is 26.2 Å². The van der Waals surface area contributed by atoms with E-state index in [0.717, 1.165) is 37.7 Å². The Labute approximate surface area is 142 Å². The third-order valence-corrected chi connectivity index (χ3v) is 4.64. The van der Waals surface area contributed by atoms with Crippen molar-refractivity contribution in [3.05, 3.63) is 51.2 Å². The largest absolute Gasteiger partial charge is 0.335 e. The van der Waals surface area contributed by atoms with Gasteiger partial charge < -0.3 is 4.90 Å². The molecule has 0 radical (unpaired) electrons. The van der Waals surface area contributed by atoms with Gasteiger partial charge in [-0.15, -0.1) is 0 Å². The third kappa shape index (κ3) is 3.51. The minimum Gasteiger partial charge on any atom is -0.335 e. The summed E-state index contributed by atoms with van der Waals surface area (Å²) in [5.74, 6) is -0.00415. The Morgan fingerprint density at radius 3 is 2.50 bits per heavy atom. The predicted octanol–water partition coefficient (Wildman–Crippen LogP) is 2.78. The first-order valence-electron chi connectivity index (χ1n) is 7.08. The van der Waals surface area contributed by atoms with Gasteiger partial charge in [-0.25, -0.2) is 0 Å². The molecule has 1 aliphatic rings. The van der Waals surface area contributed by atoms with E-state index >= 15 is 0 Å². The molecule has 0 atom stereocenters. The van der Waals surface area contributed by atoms with Crippen LogP contribution in [0.5, 0.6) is 0 Å². The van der Waals surface area contributed by atoms with Gasteiger partial charge in [-0.1, -0.05) is 23.7 Å². The quantitative estimate of drug-likeness (QED) is 0.887. The Morgan fingerprint density at radius 1 is 1.23 bits per heavy atom. The molecule has 1 aliphatic heterocycles. The molecule has 0 bridgehead atoms. The minimum atomic E-state index is -0.00415. The number of hydrogen-bond donors (Lipinski definition) is 1. The zero-order valence-corrected chi connectivity index (χ0v) is 14.3. The van der Waals surface area contributed by atoms with Gasteiger partial charge in [-0.05, 0) is 33.6 Å². The Morgan fingerprint density at radius 2 is 1.91 bits per heavy atom. The number of piperazine rings is 1. The first-order valence-corrected chi connectivity index (χ1v) is 8.25. The molecule has 116 valence electrons. The van der Waals surface area contributed by atoms with Gasteiger partial charge in [0.15, 0.2) is 0 Å². The topological polar surface area (TPSA) is 52.2 Å². The molecule has 0 spiro atoms. The highest BCUT2D eigenvalue weighted by molar-refractivity contribution is 9.10. The Balaban J connectivity index is 1.55. The molecule has 1 saturated heterocycles. The van der Waals surface area contributed by atoms with E-state index in [1.54, 1.807) is 6.20 Å². The number of aromatic amines is 1. The number of nitrogens with one attached hydrogen (secondary N) is 1. The van der Waals surface area contributed by atoms with Gasteiger partial charge in [0.1, 0.15) is 5.69 Å². The number of benzene rings is 1. The van der Waals surface area contributed by atoms with Crippen molar-refractivity contribution in [2.45, 2.75) is 6.54 Å². The van der Waals surface area contributed by atoms with Crippen molar-refractivity contribution in [3.63, 3.8) is 0 Å². The average molecular weight is 384 g/mol. The maximum absolute atomic E-state index is 12.4. The van der Waals surface area contributed by atoms with Crippen molar-refractivity contribution in [3.8, 4) is 0 Å². The SMILES string of the molecule is O=C(c1[nH]ncc1Br)N1CCN(Cc2ccc(Cl)cc2)CC1. The summed E-state index contributed by atoms with van der Waals surface area (Å²) in [4.78, 5) is 16.6. The van der Waals surface area contributed by atoms with Crippen LogP contribution < -0.4 is 0 Å². The molecule has 1 N–H and O–H groups in total. The second kappa shape index (κ2) is 6.81. The summed E-state index contributed by atoms with van der Waals surface area (Å²) in [6.07, 6.45) is 1.60. The van der Waals surface area contributed by atoms with Crippen LogP contribution in [-0.4, -0.2) is 52.1 Å². The van der Waals surface area contributed by atoms with Crippen LogP contribution in [0.15, 0.2) is 34.9 Å². The summed E-state index contributed by atoms with van der Waals surface area (Å²) in [5, 5.41) is 7.37. The van der Waals surface area contributed by atoms with Crippen LogP contribution in [0.1, 0.15) is 16.1 Å². The molecule has 1 aromatic heterocycles. The molecule has 2 heterocycles. The highest BCUT2D eigenvalue weighted by Gasteiger charge is 2.24. The first-order chi connectivity index (χ1) is 10.6. The fourth-order valence-corrected chi connectivity index (χ4v) is 3.02. The minimum absolute atomic E-state index is 0.00415. The monoisotopic (exact) mass is 382 g/mol. The van der Waals surface area contributed by atoms with Crippen molar-refractivity contribution in [2.24, 2.45) is 0 Å². The molecular formula is C15H16BrClN4O. The zero-order chi connectivity index (χ0) is 15.5. The number of hydrogen-bond acceptors (Lipinski definition) is 3. The van der Waals surface area contributed by atoms with E-state index in [-0.39, 0.29) is 5.91 Å². The third-order valence-electron chi connectivity index (χ3n) is 3.79. The van der Waals surface area contributed by atoms with Crippen molar-refractivity contribution in [1.82, 2.24) is 20.0 Å². The highest BCUT2D eigenvalue weighted by Crippen LogP contribution is 2.17. The van der Waals surface area contributed by atoms with Crippen LogP contribution in [-0.2, 0) is 6.54 Å².